The molecule has 1 aliphatic heterocycles. The summed E-state index contributed by atoms with van der Waals surface area (Å²) in [5, 5.41) is 2.85. The van der Waals surface area contributed by atoms with Crippen LogP contribution in [0.1, 0.15) is 18.4 Å². The summed E-state index contributed by atoms with van der Waals surface area (Å²) in [5.41, 5.74) is 1.09. The molecular formula is C12H17N3O. The van der Waals surface area contributed by atoms with Crippen molar-refractivity contribution in [2.24, 2.45) is 0 Å². The highest BCUT2D eigenvalue weighted by atomic mass is 16.2. The smallest absolute Gasteiger partial charge is 0.242 e. The lowest BCUT2D eigenvalue weighted by molar-refractivity contribution is -0.119. The van der Waals surface area contributed by atoms with Gasteiger partial charge in [-0.2, -0.15) is 0 Å². The van der Waals surface area contributed by atoms with Gasteiger partial charge in [-0.05, 0) is 45.0 Å². The van der Waals surface area contributed by atoms with E-state index in [1.807, 2.05) is 26.1 Å². The van der Waals surface area contributed by atoms with Crippen molar-refractivity contribution in [1.29, 1.82) is 0 Å². The van der Waals surface area contributed by atoms with E-state index in [9.17, 15) is 4.79 Å². The Morgan fingerprint density at radius 2 is 2.38 bits per heavy atom. The van der Waals surface area contributed by atoms with Crippen molar-refractivity contribution in [3.63, 3.8) is 0 Å². The summed E-state index contributed by atoms with van der Waals surface area (Å²) in [7, 11) is 1.99. The van der Waals surface area contributed by atoms with Crippen LogP contribution in [0.5, 0.6) is 0 Å². The molecule has 4 nitrogen and oxygen atoms in total. The number of nitrogens with one attached hydrogen (secondary N) is 1. The number of nitrogens with zero attached hydrogens (tertiary/aromatic N) is 2. The molecule has 0 aliphatic carbocycles. The molecule has 1 atom stereocenters. The van der Waals surface area contributed by atoms with Gasteiger partial charge < -0.3 is 5.32 Å². The largest absolute Gasteiger partial charge is 0.309 e. The molecule has 1 saturated heterocycles. The van der Waals surface area contributed by atoms with E-state index < -0.39 is 0 Å². The number of carbonyl (C=O) groups excluding carboxylic acids is 1. The van der Waals surface area contributed by atoms with Gasteiger partial charge in [0.05, 0.1) is 6.04 Å². The van der Waals surface area contributed by atoms with Crippen LogP contribution in [0, 0.1) is 6.92 Å². The molecule has 4 heteroatoms. The van der Waals surface area contributed by atoms with Crippen LogP contribution in [0.3, 0.4) is 0 Å². The topological polar surface area (TPSA) is 45.2 Å². The maximum Gasteiger partial charge on any atom is 0.242 e. The number of aryl methyl sites for hydroxylation is 1. The van der Waals surface area contributed by atoms with Crippen LogP contribution >= 0.6 is 0 Å². The number of rotatable bonds is 2. The first-order valence-corrected chi connectivity index (χ1v) is 5.60. The molecule has 2 heterocycles. The van der Waals surface area contributed by atoms with Gasteiger partial charge in [0.15, 0.2) is 0 Å². The van der Waals surface area contributed by atoms with E-state index in [0.29, 0.717) is 5.82 Å². The number of amides is 1. The van der Waals surface area contributed by atoms with Crippen LogP contribution in [0.15, 0.2) is 18.3 Å². The third kappa shape index (κ3) is 2.39. The first-order valence-electron chi connectivity index (χ1n) is 5.60. The molecule has 1 amide bonds. The number of likely N-dealkylation sites (N-methyl/N-ethyl adjacent to an activating group) is 1. The van der Waals surface area contributed by atoms with Crippen LogP contribution in [-0.4, -0.2) is 35.4 Å². The fourth-order valence-electron chi connectivity index (χ4n) is 1.99. The van der Waals surface area contributed by atoms with E-state index in [0.717, 1.165) is 24.9 Å². The second kappa shape index (κ2) is 4.61. The van der Waals surface area contributed by atoms with Crippen LogP contribution in [0.4, 0.5) is 5.82 Å². The molecule has 1 unspecified atom stereocenters. The Morgan fingerprint density at radius 3 is 2.94 bits per heavy atom. The maximum atomic E-state index is 11.9. The van der Waals surface area contributed by atoms with Crippen molar-refractivity contribution in [3.8, 4) is 0 Å². The number of anilines is 1. The Kier molecular flexibility index (Phi) is 3.19. The van der Waals surface area contributed by atoms with E-state index in [1.54, 1.807) is 6.20 Å². The van der Waals surface area contributed by atoms with Crippen LogP contribution in [-0.2, 0) is 4.79 Å². The molecule has 0 saturated carbocycles. The minimum absolute atomic E-state index is 0.00287. The monoisotopic (exact) mass is 219 g/mol. The second-order valence-electron chi connectivity index (χ2n) is 4.35. The van der Waals surface area contributed by atoms with Crippen molar-refractivity contribution in [3.05, 3.63) is 23.9 Å². The second-order valence-corrected chi connectivity index (χ2v) is 4.35. The van der Waals surface area contributed by atoms with Gasteiger partial charge in [-0.3, -0.25) is 9.69 Å². The average molecular weight is 219 g/mol. The van der Waals surface area contributed by atoms with E-state index in [1.165, 1.54) is 0 Å². The zero-order valence-corrected chi connectivity index (χ0v) is 9.73. The number of hydrogen-bond acceptors (Lipinski definition) is 3. The molecule has 86 valence electrons. The van der Waals surface area contributed by atoms with Gasteiger partial charge in [0.2, 0.25) is 5.91 Å². The van der Waals surface area contributed by atoms with Crippen molar-refractivity contribution in [2.75, 3.05) is 18.9 Å². The van der Waals surface area contributed by atoms with E-state index in [-0.39, 0.29) is 11.9 Å². The first-order chi connectivity index (χ1) is 7.66. The van der Waals surface area contributed by atoms with Gasteiger partial charge in [0, 0.05) is 6.20 Å². The Hall–Kier alpha value is -1.42. The molecule has 2 rings (SSSR count). The lowest BCUT2D eigenvalue weighted by Gasteiger charge is -2.18. The number of aromatic nitrogens is 1. The summed E-state index contributed by atoms with van der Waals surface area (Å²) >= 11 is 0. The summed E-state index contributed by atoms with van der Waals surface area (Å²) < 4.78 is 0. The summed E-state index contributed by atoms with van der Waals surface area (Å²) in [6, 6.07) is 3.78. The highest BCUT2D eigenvalue weighted by molar-refractivity contribution is 5.94. The highest BCUT2D eigenvalue weighted by Gasteiger charge is 2.27. The fraction of sp³-hybridized carbons (Fsp3) is 0.500. The SMILES string of the molecule is Cc1ccc(NC(=O)C2CCCN2C)nc1. The lowest BCUT2D eigenvalue weighted by Crippen LogP contribution is -2.37. The molecule has 16 heavy (non-hydrogen) atoms. The van der Waals surface area contributed by atoms with Crippen molar-refractivity contribution in [1.82, 2.24) is 9.88 Å². The van der Waals surface area contributed by atoms with Crippen molar-refractivity contribution in [2.45, 2.75) is 25.8 Å². The predicted octanol–water partition coefficient (Wildman–Crippen LogP) is 1.42. The summed E-state index contributed by atoms with van der Waals surface area (Å²) in [4.78, 5) is 18.2. The maximum absolute atomic E-state index is 11.9. The molecule has 1 N–H and O–H groups in total. The highest BCUT2D eigenvalue weighted by Crippen LogP contribution is 2.16. The van der Waals surface area contributed by atoms with Crippen LogP contribution in [0.2, 0.25) is 0 Å². The van der Waals surface area contributed by atoms with Crippen molar-refractivity contribution < 1.29 is 4.79 Å². The van der Waals surface area contributed by atoms with Crippen LogP contribution in [0.25, 0.3) is 0 Å². The molecular weight excluding hydrogens is 202 g/mol. The normalized spacial score (nSPS) is 21.0. The van der Waals surface area contributed by atoms with Gasteiger partial charge in [0.1, 0.15) is 5.82 Å². The number of hydrogen-bond donors (Lipinski definition) is 1. The van der Waals surface area contributed by atoms with Gasteiger partial charge in [0.25, 0.3) is 0 Å². The molecule has 1 fully saturated rings. The number of pyridine rings is 1. The zero-order valence-electron chi connectivity index (χ0n) is 9.73. The summed E-state index contributed by atoms with van der Waals surface area (Å²) in [6.07, 6.45) is 3.79. The van der Waals surface area contributed by atoms with E-state index >= 15 is 0 Å². The lowest BCUT2D eigenvalue weighted by atomic mass is 10.2. The molecule has 0 radical (unpaired) electrons. The molecule has 0 aromatic carbocycles. The molecule has 1 aromatic heterocycles. The summed E-state index contributed by atoms with van der Waals surface area (Å²) in [6.45, 7) is 2.97. The van der Waals surface area contributed by atoms with Crippen LogP contribution < -0.4 is 5.32 Å². The van der Waals surface area contributed by atoms with Gasteiger partial charge in [-0.15, -0.1) is 0 Å². The molecule has 0 spiro atoms. The molecule has 0 bridgehead atoms. The Bertz CT molecular complexity index is 374. The number of carbonyl (C=O) groups is 1. The van der Waals surface area contributed by atoms with E-state index in [4.69, 9.17) is 0 Å². The quantitative estimate of drug-likeness (QED) is 0.818. The van der Waals surface area contributed by atoms with Crippen molar-refractivity contribution >= 4 is 11.7 Å². The summed E-state index contributed by atoms with van der Waals surface area (Å²) in [5.74, 6) is 0.687. The van der Waals surface area contributed by atoms with Gasteiger partial charge >= 0.3 is 0 Å². The Morgan fingerprint density at radius 1 is 1.56 bits per heavy atom. The minimum atomic E-state index is 0.00287. The number of likely N-dealkylation sites (tertiary alicyclic amines) is 1. The standard InChI is InChI=1S/C12H17N3O/c1-9-5-6-11(13-8-9)14-12(16)10-4-3-7-15(10)2/h5-6,8,10H,3-4,7H2,1-2H3,(H,13,14,16). The Balaban J connectivity index is 1.99. The Labute approximate surface area is 95.7 Å². The van der Waals surface area contributed by atoms with Gasteiger partial charge in [-0.25, -0.2) is 4.98 Å². The third-order valence-electron chi connectivity index (χ3n) is 2.99. The minimum Gasteiger partial charge on any atom is -0.309 e. The van der Waals surface area contributed by atoms with Gasteiger partial charge in [-0.1, -0.05) is 6.07 Å². The fourth-order valence-corrected chi connectivity index (χ4v) is 1.99. The molecule has 1 aromatic rings. The first kappa shape index (κ1) is 11.1. The average Bonchev–Trinajstić information content (AvgIpc) is 2.68. The predicted molar refractivity (Wildman–Crippen MR) is 63.3 cm³/mol. The molecule has 1 aliphatic rings. The zero-order chi connectivity index (χ0) is 11.5. The third-order valence-corrected chi connectivity index (χ3v) is 2.99. The van der Waals surface area contributed by atoms with E-state index in [2.05, 4.69) is 15.2 Å².